The van der Waals surface area contributed by atoms with Crippen molar-refractivity contribution in [1.82, 2.24) is 9.80 Å². The molecule has 8 atom stereocenters. The number of Topliss-reactive ketones (excluding diaryl/α,β-unsaturated/α-hetero) is 1. The van der Waals surface area contributed by atoms with Crippen LogP contribution in [0.15, 0.2) is 11.6 Å². The Balaban J connectivity index is 1.55. The van der Waals surface area contributed by atoms with E-state index in [4.69, 9.17) is 0 Å². The van der Waals surface area contributed by atoms with Crippen LogP contribution in [-0.2, 0) is 9.59 Å². The van der Waals surface area contributed by atoms with Gasteiger partial charge in [0.05, 0.1) is 24.4 Å². The maximum absolute atomic E-state index is 13.4. The van der Waals surface area contributed by atoms with Gasteiger partial charge in [0.15, 0.2) is 11.6 Å². The Morgan fingerprint density at radius 1 is 1.06 bits per heavy atom. The summed E-state index contributed by atoms with van der Waals surface area (Å²) < 4.78 is 0. The highest BCUT2D eigenvalue weighted by molar-refractivity contribution is 5.95. The fourth-order valence-corrected chi connectivity index (χ4v) is 8.00. The van der Waals surface area contributed by atoms with Crippen LogP contribution in [0.2, 0.25) is 0 Å². The number of hydrogen-bond acceptors (Lipinski definition) is 7. The van der Waals surface area contributed by atoms with Crippen LogP contribution < -0.4 is 0 Å². The molecule has 34 heavy (non-hydrogen) atoms. The van der Waals surface area contributed by atoms with E-state index in [1.165, 1.54) is 0 Å². The Morgan fingerprint density at radius 2 is 1.76 bits per heavy atom. The first-order valence-electron chi connectivity index (χ1n) is 13.0. The number of carbonyl (C=O) groups is 2. The lowest BCUT2D eigenvalue weighted by atomic mass is 9.46. The fraction of sp³-hybridized carbons (Fsp3) is 0.852. The maximum Gasteiger partial charge on any atom is 0.159 e. The third-order valence-electron chi connectivity index (χ3n) is 10.1. The molecule has 0 radical (unpaired) electrons. The number of likely N-dealkylation sites (N-methyl/N-ethyl adjacent to an activating group) is 1. The number of ketones is 2. The molecule has 4 aliphatic carbocycles. The number of aliphatic hydroxyl groups is 3. The molecule has 3 saturated carbocycles. The van der Waals surface area contributed by atoms with Crippen LogP contribution in [0.4, 0.5) is 0 Å². The summed E-state index contributed by atoms with van der Waals surface area (Å²) in [6.45, 7) is 6.31. The molecule has 0 saturated heterocycles. The number of allylic oxidation sites excluding steroid dienone is 1. The van der Waals surface area contributed by atoms with Gasteiger partial charge in [-0.15, -0.1) is 0 Å². The van der Waals surface area contributed by atoms with Crippen LogP contribution in [0.25, 0.3) is 0 Å². The first kappa shape index (κ1) is 26.0. The summed E-state index contributed by atoms with van der Waals surface area (Å²) in [5, 5.41) is 32.8. The molecule has 0 aromatic heterocycles. The van der Waals surface area contributed by atoms with Gasteiger partial charge < -0.3 is 20.2 Å². The molecule has 3 fully saturated rings. The Hall–Kier alpha value is -1.12. The molecule has 3 N–H and O–H groups in total. The third-order valence-corrected chi connectivity index (χ3v) is 10.1. The summed E-state index contributed by atoms with van der Waals surface area (Å²) >= 11 is 0. The zero-order chi connectivity index (χ0) is 25.1. The molecule has 7 nitrogen and oxygen atoms in total. The van der Waals surface area contributed by atoms with Gasteiger partial charge in [0.25, 0.3) is 0 Å². The summed E-state index contributed by atoms with van der Waals surface area (Å²) in [6.07, 6.45) is 4.20. The van der Waals surface area contributed by atoms with E-state index in [-0.39, 0.29) is 35.7 Å². The van der Waals surface area contributed by atoms with E-state index in [2.05, 4.69) is 16.7 Å². The molecule has 0 aliphatic heterocycles. The molecule has 0 bridgehead atoms. The van der Waals surface area contributed by atoms with Gasteiger partial charge in [0.2, 0.25) is 0 Å². The first-order valence-corrected chi connectivity index (χ1v) is 13.0. The Morgan fingerprint density at radius 3 is 2.44 bits per heavy atom. The number of nitrogens with zero attached hydrogens (tertiary/aromatic N) is 2. The van der Waals surface area contributed by atoms with Crippen molar-refractivity contribution in [2.45, 2.75) is 76.6 Å². The van der Waals surface area contributed by atoms with Crippen molar-refractivity contribution in [3.8, 4) is 0 Å². The topological polar surface area (TPSA) is 101 Å². The minimum Gasteiger partial charge on any atom is -0.390 e. The van der Waals surface area contributed by atoms with Crippen LogP contribution in [-0.4, -0.2) is 95.3 Å². The van der Waals surface area contributed by atoms with Crippen LogP contribution >= 0.6 is 0 Å². The highest BCUT2D eigenvalue weighted by Gasteiger charge is 2.67. The maximum atomic E-state index is 13.4. The van der Waals surface area contributed by atoms with Crippen molar-refractivity contribution in [3.05, 3.63) is 11.6 Å². The SMILES string of the molecule is CN(C)CCCN(C)CC(=O)C1CCC2(O)C3=CC(=O)C4CC(O)C(O)CC4(C)C3CCC12C. The average molecular weight is 477 g/mol. The lowest BCUT2D eigenvalue weighted by Crippen LogP contribution is -2.61. The van der Waals surface area contributed by atoms with Crippen molar-refractivity contribution in [2.24, 2.45) is 28.6 Å². The summed E-state index contributed by atoms with van der Waals surface area (Å²) in [6, 6.07) is 0. The number of hydrogen-bond donors (Lipinski definition) is 3. The Bertz CT molecular complexity index is 858. The first-order chi connectivity index (χ1) is 15.8. The van der Waals surface area contributed by atoms with E-state index in [1.54, 1.807) is 6.08 Å². The van der Waals surface area contributed by atoms with Crippen molar-refractivity contribution in [3.63, 3.8) is 0 Å². The van der Waals surface area contributed by atoms with E-state index in [1.807, 2.05) is 28.1 Å². The Kier molecular flexibility index (Phi) is 6.93. The van der Waals surface area contributed by atoms with Crippen LogP contribution in [0, 0.1) is 28.6 Å². The minimum atomic E-state index is -1.18. The zero-order valence-corrected chi connectivity index (χ0v) is 21.6. The fourth-order valence-electron chi connectivity index (χ4n) is 8.00. The predicted molar refractivity (Wildman–Crippen MR) is 130 cm³/mol. The van der Waals surface area contributed by atoms with E-state index >= 15 is 0 Å². The molecule has 8 unspecified atom stereocenters. The number of carbonyl (C=O) groups excluding carboxylic acids is 2. The third kappa shape index (κ3) is 4.01. The summed E-state index contributed by atoms with van der Waals surface area (Å²) in [5.74, 6) is -0.435. The number of fused-ring (bicyclic) bond motifs is 5. The average Bonchev–Trinajstić information content (AvgIpc) is 3.01. The highest BCUT2D eigenvalue weighted by Crippen LogP contribution is 2.67. The van der Waals surface area contributed by atoms with Crippen LogP contribution in [0.5, 0.6) is 0 Å². The largest absolute Gasteiger partial charge is 0.390 e. The zero-order valence-electron chi connectivity index (χ0n) is 21.6. The van der Waals surface area contributed by atoms with Gasteiger partial charge >= 0.3 is 0 Å². The Labute approximate surface area is 204 Å². The normalized spacial score (nSPS) is 44.0. The standard InChI is InChI=1S/C27H44N2O5/c1-25-15-23(32)22(31)14-20(25)21(30)13-19-17(25)7-9-26(2)18(8-10-27(19,26)34)24(33)16-29(5)12-6-11-28(3)4/h13,17-18,20,22-23,31-32,34H,6-12,14-16H2,1-5H3. The second-order valence-electron chi connectivity index (χ2n) is 12.5. The van der Waals surface area contributed by atoms with Crippen molar-refractivity contribution < 1.29 is 24.9 Å². The molecule has 0 heterocycles. The van der Waals surface area contributed by atoms with Crippen molar-refractivity contribution in [1.29, 1.82) is 0 Å². The molecule has 7 heteroatoms. The van der Waals surface area contributed by atoms with E-state index in [9.17, 15) is 24.9 Å². The smallest absolute Gasteiger partial charge is 0.159 e. The quantitative estimate of drug-likeness (QED) is 0.514. The molecule has 0 aromatic carbocycles. The second kappa shape index (κ2) is 9.07. The van der Waals surface area contributed by atoms with Gasteiger partial charge in [-0.05, 0) is 102 Å². The van der Waals surface area contributed by atoms with Crippen molar-refractivity contribution >= 4 is 11.6 Å². The highest BCUT2D eigenvalue weighted by atomic mass is 16.3. The minimum absolute atomic E-state index is 0.0158. The molecule has 192 valence electrons. The van der Waals surface area contributed by atoms with Gasteiger partial charge in [-0.2, -0.15) is 0 Å². The summed E-state index contributed by atoms with van der Waals surface area (Å²) in [5.41, 5.74) is -1.47. The summed E-state index contributed by atoms with van der Waals surface area (Å²) in [4.78, 5) is 30.9. The van der Waals surface area contributed by atoms with E-state index in [0.717, 1.165) is 37.9 Å². The second-order valence-corrected chi connectivity index (χ2v) is 12.5. The van der Waals surface area contributed by atoms with Gasteiger partial charge in [0.1, 0.15) is 0 Å². The molecule has 0 amide bonds. The van der Waals surface area contributed by atoms with Gasteiger partial charge in [0, 0.05) is 17.3 Å². The van der Waals surface area contributed by atoms with E-state index < -0.39 is 28.6 Å². The molecule has 0 aromatic rings. The number of rotatable bonds is 7. The van der Waals surface area contributed by atoms with Crippen LogP contribution in [0.1, 0.15) is 58.8 Å². The number of aliphatic hydroxyl groups excluding tert-OH is 2. The van der Waals surface area contributed by atoms with E-state index in [0.29, 0.717) is 25.8 Å². The van der Waals surface area contributed by atoms with Gasteiger partial charge in [-0.25, -0.2) is 0 Å². The lowest BCUT2D eigenvalue weighted by Gasteiger charge is -2.59. The molecule has 4 rings (SSSR count). The lowest BCUT2D eigenvalue weighted by molar-refractivity contribution is -0.154. The van der Waals surface area contributed by atoms with Gasteiger partial charge in [-0.3, -0.25) is 14.5 Å². The molecular weight excluding hydrogens is 432 g/mol. The summed E-state index contributed by atoms with van der Waals surface area (Å²) in [7, 11) is 6.08. The monoisotopic (exact) mass is 476 g/mol. The van der Waals surface area contributed by atoms with Gasteiger partial charge in [-0.1, -0.05) is 13.8 Å². The van der Waals surface area contributed by atoms with Crippen LogP contribution in [0.3, 0.4) is 0 Å². The molecule has 4 aliphatic rings. The van der Waals surface area contributed by atoms with Crippen molar-refractivity contribution in [2.75, 3.05) is 40.8 Å². The molecule has 0 spiro atoms. The molecular formula is C27H44N2O5. The predicted octanol–water partition coefficient (Wildman–Crippen LogP) is 1.64.